The van der Waals surface area contributed by atoms with Crippen molar-refractivity contribution in [1.29, 1.82) is 5.26 Å². The Balaban J connectivity index is 3.41. The molecule has 1 N–H and O–H groups in total. The van der Waals surface area contributed by atoms with Gasteiger partial charge >= 0.3 is 6.18 Å². The number of nitrogens with zero attached hydrogens (tertiary/aromatic N) is 1. The summed E-state index contributed by atoms with van der Waals surface area (Å²) >= 11 is 5.65. The van der Waals surface area contributed by atoms with Crippen LogP contribution in [0.5, 0.6) is 0 Å². The molecular formula is C13H14ClF3N2OS. The molecule has 3 nitrogen and oxygen atoms in total. The van der Waals surface area contributed by atoms with E-state index < -0.39 is 27.4 Å². The van der Waals surface area contributed by atoms with Crippen LogP contribution in [0.25, 0.3) is 0 Å². The van der Waals surface area contributed by atoms with Crippen molar-refractivity contribution in [1.82, 2.24) is 4.72 Å². The van der Waals surface area contributed by atoms with Crippen molar-refractivity contribution in [2.45, 2.75) is 37.2 Å². The quantitative estimate of drug-likeness (QED) is 0.914. The summed E-state index contributed by atoms with van der Waals surface area (Å²) in [5.41, 5.74) is -3.42. The van der Waals surface area contributed by atoms with Crippen molar-refractivity contribution in [2.75, 3.05) is 0 Å². The predicted molar refractivity (Wildman–Crippen MR) is 75.8 cm³/mol. The van der Waals surface area contributed by atoms with Crippen molar-refractivity contribution in [2.24, 2.45) is 0 Å². The smallest absolute Gasteiger partial charge is 0.242 e. The van der Waals surface area contributed by atoms with Gasteiger partial charge in [-0.25, -0.2) is 8.93 Å². The molecule has 0 aliphatic heterocycles. The van der Waals surface area contributed by atoms with Crippen molar-refractivity contribution >= 4 is 22.6 Å². The maximum Gasteiger partial charge on any atom is 0.425 e. The number of alkyl halides is 3. The lowest BCUT2D eigenvalue weighted by atomic mass is 9.92. The van der Waals surface area contributed by atoms with Gasteiger partial charge in [0.05, 0.1) is 15.7 Å². The summed E-state index contributed by atoms with van der Waals surface area (Å²) in [6.07, 6.45) is -4.95. The summed E-state index contributed by atoms with van der Waals surface area (Å²) in [7, 11) is -2.08. The van der Waals surface area contributed by atoms with Gasteiger partial charge in [-0.05, 0) is 38.5 Å². The molecule has 1 aromatic carbocycles. The first-order valence-electron chi connectivity index (χ1n) is 5.88. The second-order valence-electron chi connectivity index (χ2n) is 5.35. The van der Waals surface area contributed by atoms with Crippen LogP contribution in [0.1, 0.15) is 26.3 Å². The molecule has 0 bridgehead atoms. The van der Waals surface area contributed by atoms with Crippen LogP contribution in [0.3, 0.4) is 0 Å². The van der Waals surface area contributed by atoms with Gasteiger partial charge in [0.2, 0.25) is 5.54 Å². The Hall–Kier alpha value is -1.10. The zero-order valence-electron chi connectivity index (χ0n) is 11.6. The highest BCUT2D eigenvalue weighted by Crippen LogP contribution is 2.40. The molecule has 0 aliphatic carbocycles. The molecular weight excluding hydrogens is 325 g/mol. The van der Waals surface area contributed by atoms with E-state index in [1.165, 1.54) is 39.0 Å². The first-order valence-corrected chi connectivity index (χ1v) is 7.40. The van der Waals surface area contributed by atoms with Gasteiger partial charge in [-0.2, -0.15) is 18.4 Å². The third-order valence-corrected chi connectivity index (χ3v) is 4.53. The molecule has 0 aromatic heterocycles. The highest BCUT2D eigenvalue weighted by Gasteiger charge is 2.58. The molecule has 1 rings (SSSR count). The molecule has 0 amide bonds. The van der Waals surface area contributed by atoms with Crippen molar-refractivity contribution in [3.8, 4) is 6.07 Å². The fraction of sp³-hybridized carbons (Fsp3) is 0.462. The highest BCUT2D eigenvalue weighted by molar-refractivity contribution is 7.84. The lowest BCUT2D eigenvalue weighted by molar-refractivity contribution is -0.176. The van der Waals surface area contributed by atoms with E-state index in [-0.39, 0.29) is 10.6 Å². The van der Waals surface area contributed by atoms with Crippen molar-refractivity contribution in [3.63, 3.8) is 0 Å². The number of hydrogen-bond acceptors (Lipinski definition) is 2. The van der Waals surface area contributed by atoms with E-state index in [2.05, 4.69) is 0 Å². The molecule has 1 aromatic rings. The van der Waals surface area contributed by atoms with Crippen molar-refractivity contribution in [3.05, 3.63) is 34.9 Å². The average molecular weight is 339 g/mol. The molecule has 21 heavy (non-hydrogen) atoms. The Labute approximate surface area is 128 Å². The van der Waals surface area contributed by atoms with Crippen LogP contribution in [-0.4, -0.2) is 15.1 Å². The van der Waals surface area contributed by atoms with E-state index >= 15 is 0 Å². The largest absolute Gasteiger partial charge is 0.425 e. The zero-order valence-corrected chi connectivity index (χ0v) is 13.2. The molecule has 0 heterocycles. The Morgan fingerprint density at radius 2 is 1.67 bits per heavy atom. The van der Waals surface area contributed by atoms with E-state index in [0.29, 0.717) is 0 Å². The van der Waals surface area contributed by atoms with E-state index in [9.17, 15) is 17.4 Å². The fourth-order valence-corrected chi connectivity index (χ4v) is 2.41. The van der Waals surface area contributed by atoms with Gasteiger partial charge in [-0.3, -0.25) is 0 Å². The third kappa shape index (κ3) is 3.76. The summed E-state index contributed by atoms with van der Waals surface area (Å²) in [6.45, 7) is 4.53. The van der Waals surface area contributed by atoms with Crippen LogP contribution >= 0.6 is 11.6 Å². The van der Waals surface area contributed by atoms with Crippen LogP contribution in [0.2, 0.25) is 5.02 Å². The standard InChI is InChI=1S/C13H14ClF3N2OS/c1-11(2,3)21(20)19-12(8-18,13(15,16)17)9-4-6-10(14)7-5-9/h4-7,19H,1-3H3/t12-,21-/m1/s1. The molecule has 2 atom stereocenters. The van der Waals surface area contributed by atoms with Gasteiger partial charge in [-0.1, -0.05) is 23.7 Å². The van der Waals surface area contributed by atoms with Crippen LogP contribution in [0.15, 0.2) is 24.3 Å². The van der Waals surface area contributed by atoms with Crippen LogP contribution < -0.4 is 4.72 Å². The maximum absolute atomic E-state index is 13.5. The molecule has 116 valence electrons. The summed E-state index contributed by atoms with van der Waals surface area (Å²) in [5.74, 6) is 0. The number of nitrogens with one attached hydrogen (secondary N) is 1. The van der Waals surface area contributed by atoms with Crippen LogP contribution in [-0.2, 0) is 16.5 Å². The summed E-state index contributed by atoms with van der Waals surface area (Å²) in [5, 5.41) is 9.39. The molecule has 0 unspecified atom stereocenters. The molecule has 0 saturated heterocycles. The van der Waals surface area contributed by atoms with E-state index in [0.717, 1.165) is 12.1 Å². The van der Waals surface area contributed by atoms with Gasteiger partial charge in [0, 0.05) is 5.02 Å². The van der Waals surface area contributed by atoms with Gasteiger partial charge < -0.3 is 0 Å². The molecule has 0 radical (unpaired) electrons. The molecule has 0 saturated carbocycles. The van der Waals surface area contributed by atoms with Gasteiger partial charge in [-0.15, -0.1) is 0 Å². The summed E-state index contributed by atoms with van der Waals surface area (Å²) in [6, 6.07) is 5.89. The van der Waals surface area contributed by atoms with Gasteiger partial charge in [0.15, 0.2) is 0 Å². The predicted octanol–water partition coefficient (Wildman–Crippen LogP) is 3.67. The van der Waals surface area contributed by atoms with E-state index in [4.69, 9.17) is 16.9 Å². The highest BCUT2D eigenvalue weighted by atomic mass is 35.5. The Morgan fingerprint density at radius 1 is 1.19 bits per heavy atom. The number of benzene rings is 1. The van der Waals surface area contributed by atoms with Gasteiger partial charge in [0.25, 0.3) is 0 Å². The third-order valence-electron chi connectivity index (χ3n) is 2.67. The number of hydrogen-bond donors (Lipinski definition) is 1. The number of rotatable bonds is 3. The minimum atomic E-state index is -4.95. The minimum Gasteiger partial charge on any atom is -0.242 e. The van der Waals surface area contributed by atoms with Gasteiger partial charge in [0.1, 0.15) is 6.07 Å². The molecule has 0 spiro atoms. The van der Waals surface area contributed by atoms with E-state index in [1.54, 1.807) is 0 Å². The summed E-state index contributed by atoms with van der Waals surface area (Å²) in [4.78, 5) is 0. The Morgan fingerprint density at radius 3 is 2.00 bits per heavy atom. The Kier molecular flexibility index (Phi) is 5.09. The SMILES string of the molecule is CC(C)(C)[S@@](=O)N[C@](C#N)(c1ccc(Cl)cc1)C(F)(F)F. The summed E-state index contributed by atoms with van der Waals surface area (Å²) < 4.78 is 53.4. The van der Waals surface area contributed by atoms with Crippen molar-refractivity contribution < 1.29 is 17.4 Å². The van der Waals surface area contributed by atoms with Crippen LogP contribution in [0, 0.1) is 11.3 Å². The maximum atomic E-state index is 13.5. The molecule has 0 aliphatic rings. The Bertz CT molecular complexity index is 575. The average Bonchev–Trinajstić information content (AvgIpc) is 2.34. The normalized spacial score (nSPS) is 16.9. The molecule has 8 heteroatoms. The fourth-order valence-electron chi connectivity index (χ4n) is 1.42. The first-order chi connectivity index (χ1) is 9.44. The molecule has 0 fully saturated rings. The minimum absolute atomic E-state index is 0.240. The first kappa shape index (κ1) is 18.0. The second-order valence-corrected chi connectivity index (χ2v) is 7.75. The lowest BCUT2D eigenvalue weighted by Crippen LogP contribution is -2.56. The van der Waals surface area contributed by atoms with E-state index in [1.807, 2.05) is 4.72 Å². The lowest BCUT2D eigenvalue weighted by Gasteiger charge is -2.32. The van der Waals surface area contributed by atoms with Crippen LogP contribution in [0.4, 0.5) is 13.2 Å². The zero-order chi connectivity index (χ0) is 16.5. The monoisotopic (exact) mass is 338 g/mol. The number of nitriles is 1. The number of halogens is 4. The topological polar surface area (TPSA) is 52.9 Å². The second kappa shape index (κ2) is 5.95.